The second kappa shape index (κ2) is 6.06. The average molecular weight is 373 g/mol. The van der Waals surface area contributed by atoms with Crippen LogP contribution in [0.5, 0.6) is 0 Å². The van der Waals surface area contributed by atoms with Gasteiger partial charge in [-0.25, -0.2) is 9.78 Å². The van der Waals surface area contributed by atoms with Gasteiger partial charge < -0.3 is 10.4 Å². The Hall–Kier alpha value is -2.19. The van der Waals surface area contributed by atoms with Crippen molar-refractivity contribution in [3.05, 3.63) is 55.6 Å². The zero-order chi connectivity index (χ0) is 15.6. The molecule has 21 heavy (non-hydrogen) atoms. The van der Waals surface area contributed by atoms with Crippen molar-refractivity contribution in [3.8, 4) is 0 Å². The van der Waals surface area contributed by atoms with Crippen molar-refractivity contribution in [2.75, 3.05) is 5.32 Å². The zero-order valence-electron chi connectivity index (χ0n) is 10.2. The molecule has 0 amide bonds. The molecule has 0 spiro atoms. The van der Waals surface area contributed by atoms with Crippen LogP contribution < -0.4 is 5.32 Å². The normalized spacial score (nSPS) is 10.2. The minimum atomic E-state index is -1.33. The van der Waals surface area contributed by atoms with Crippen LogP contribution >= 0.6 is 27.5 Å². The topological polar surface area (TPSA) is 105 Å². The van der Waals surface area contributed by atoms with Gasteiger partial charge in [0, 0.05) is 10.5 Å². The lowest BCUT2D eigenvalue weighted by molar-refractivity contribution is -0.385. The SMILES string of the molecule is O=C(O)c1cc([N+](=O)[O-])cnc1Nc1cc(Br)ccc1Cl. The summed E-state index contributed by atoms with van der Waals surface area (Å²) >= 11 is 9.26. The molecule has 1 heterocycles. The Morgan fingerprint density at radius 3 is 2.76 bits per heavy atom. The number of carboxylic acids is 1. The van der Waals surface area contributed by atoms with E-state index in [1.54, 1.807) is 18.2 Å². The maximum atomic E-state index is 11.2. The van der Waals surface area contributed by atoms with Gasteiger partial charge in [0.1, 0.15) is 17.6 Å². The second-order valence-electron chi connectivity index (χ2n) is 3.90. The number of pyridine rings is 1. The maximum Gasteiger partial charge on any atom is 0.339 e. The Balaban J connectivity index is 2.46. The van der Waals surface area contributed by atoms with E-state index >= 15 is 0 Å². The van der Waals surface area contributed by atoms with Crippen molar-refractivity contribution in [3.63, 3.8) is 0 Å². The van der Waals surface area contributed by atoms with Crippen LogP contribution in [0, 0.1) is 10.1 Å². The molecule has 108 valence electrons. The highest BCUT2D eigenvalue weighted by Gasteiger charge is 2.18. The van der Waals surface area contributed by atoms with E-state index in [9.17, 15) is 14.9 Å². The summed E-state index contributed by atoms with van der Waals surface area (Å²) in [6, 6.07) is 5.90. The quantitative estimate of drug-likeness (QED) is 0.624. The Labute approximate surface area is 131 Å². The van der Waals surface area contributed by atoms with Gasteiger partial charge in [-0.15, -0.1) is 0 Å². The number of nitro groups is 1. The Kier molecular flexibility index (Phi) is 4.39. The zero-order valence-corrected chi connectivity index (χ0v) is 12.6. The summed E-state index contributed by atoms with van der Waals surface area (Å²) in [6.45, 7) is 0. The number of aromatic nitrogens is 1. The number of nitrogens with zero attached hydrogens (tertiary/aromatic N) is 2. The van der Waals surface area contributed by atoms with Crippen molar-refractivity contribution >= 4 is 50.7 Å². The van der Waals surface area contributed by atoms with E-state index in [0.717, 1.165) is 16.7 Å². The lowest BCUT2D eigenvalue weighted by Gasteiger charge is -2.10. The minimum absolute atomic E-state index is 0.0342. The number of aromatic carboxylic acids is 1. The van der Waals surface area contributed by atoms with Crippen LogP contribution in [0.1, 0.15) is 10.4 Å². The van der Waals surface area contributed by atoms with Gasteiger partial charge in [0.2, 0.25) is 0 Å². The molecule has 9 heteroatoms. The van der Waals surface area contributed by atoms with Gasteiger partial charge in [-0.05, 0) is 18.2 Å². The van der Waals surface area contributed by atoms with E-state index in [-0.39, 0.29) is 11.4 Å². The van der Waals surface area contributed by atoms with Gasteiger partial charge >= 0.3 is 5.97 Å². The lowest BCUT2D eigenvalue weighted by Crippen LogP contribution is -2.06. The molecule has 0 aliphatic rings. The highest BCUT2D eigenvalue weighted by atomic mass is 79.9. The Morgan fingerprint density at radius 1 is 1.43 bits per heavy atom. The average Bonchev–Trinajstić information content (AvgIpc) is 2.42. The van der Waals surface area contributed by atoms with Crippen LogP contribution in [0.2, 0.25) is 5.02 Å². The highest BCUT2D eigenvalue weighted by Crippen LogP contribution is 2.30. The fraction of sp³-hybridized carbons (Fsp3) is 0. The van der Waals surface area contributed by atoms with Crippen molar-refractivity contribution in [1.29, 1.82) is 0 Å². The molecule has 0 saturated carbocycles. The monoisotopic (exact) mass is 371 g/mol. The molecule has 0 radical (unpaired) electrons. The summed E-state index contributed by atoms with van der Waals surface area (Å²) < 4.78 is 0.730. The summed E-state index contributed by atoms with van der Waals surface area (Å²) in [6.07, 6.45) is 0.973. The van der Waals surface area contributed by atoms with Crippen molar-refractivity contribution in [2.24, 2.45) is 0 Å². The van der Waals surface area contributed by atoms with Crippen LogP contribution in [0.4, 0.5) is 17.2 Å². The van der Waals surface area contributed by atoms with Gasteiger partial charge in [0.25, 0.3) is 5.69 Å². The number of hydrogen-bond acceptors (Lipinski definition) is 5. The third kappa shape index (κ3) is 3.47. The number of carboxylic acid groups (broad SMARTS) is 1. The van der Waals surface area contributed by atoms with E-state index in [1.165, 1.54) is 0 Å². The summed E-state index contributed by atoms with van der Waals surface area (Å²) in [5.74, 6) is -1.37. The van der Waals surface area contributed by atoms with Crippen LogP contribution in [0.25, 0.3) is 0 Å². The predicted molar refractivity (Wildman–Crippen MR) is 80.3 cm³/mol. The van der Waals surface area contributed by atoms with Gasteiger partial charge in [-0.2, -0.15) is 0 Å². The fourth-order valence-electron chi connectivity index (χ4n) is 1.54. The first kappa shape index (κ1) is 15.2. The van der Waals surface area contributed by atoms with Crippen molar-refractivity contribution < 1.29 is 14.8 Å². The molecule has 0 aliphatic carbocycles. The van der Waals surface area contributed by atoms with E-state index < -0.39 is 16.6 Å². The van der Waals surface area contributed by atoms with Crippen LogP contribution in [-0.4, -0.2) is 21.0 Å². The first-order chi connectivity index (χ1) is 9.88. The molecule has 0 aliphatic heterocycles. The van der Waals surface area contributed by atoms with E-state index in [1.807, 2.05) is 0 Å². The molecular weight excluding hydrogens is 366 g/mol. The number of benzene rings is 1. The first-order valence-electron chi connectivity index (χ1n) is 5.48. The van der Waals surface area contributed by atoms with Crippen LogP contribution in [0.15, 0.2) is 34.9 Å². The minimum Gasteiger partial charge on any atom is -0.478 e. The van der Waals surface area contributed by atoms with Gasteiger partial charge in [-0.3, -0.25) is 10.1 Å². The Morgan fingerprint density at radius 2 is 2.14 bits per heavy atom. The van der Waals surface area contributed by atoms with Crippen LogP contribution in [0.3, 0.4) is 0 Å². The Bertz CT molecular complexity index is 738. The number of hydrogen-bond donors (Lipinski definition) is 2. The number of nitrogens with one attached hydrogen (secondary N) is 1. The predicted octanol–water partition coefficient (Wildman–Crippen LogP) is 3.85. The molecule has 0 unspecified atom stereocenters. The molecule has 7 nitrogen and oxygen atoms in total. The fourth-order valence-corrected chi connectivity index (χ4v) is 2.06. The van der Waals surface area contributed by atoms with E-state index in [2.05, 4.69) is 26.2 Å². The van der Waals surface area contributed by atoms with E-state index in [0.29, 0.717) is 10.7 Å². The number of halogens is 2. The van der Waals surface area contributed by atoms with Gasteiger partial charge in [-0.1, -0.05) is 27.5 Å². The van der Waals surface area contributed by atoms with Crippen LogP contribution in [-0.2, 0) is 0 Å². The van der Waals surface area contributed by atoms with Gasteiger partial charge in [0.15, 0.2) is 0 Å². The van der Waals surface area contributed by atoms with Gasteiger partial charge in [0.05, 0.1) is 15.6 Å². The van der Waals surface area contributed by atoms with Crippen molar-refractivity contribution in [1.82, 2.24) is 4.98 Å². The molecule has 0 atom stereocenters. The molecule has 2 N–H and O–H groups in total. The molecule has 0 bridgehead atoms. The second-order valence-corrected chi connectivity index (χ2v) is 5.22. The molecule has 2 aromatic rings. The molecule has 0 fully saturated rings. The number of carbonyl (C=O) groups is 1. The molecule has 1 aromatic carbocycles. The summed E-state index contributed by atoms with van der Waals surface area (Å²) in [4.78, 5) is 24.9. The molecule has 0 saturated heterocycles. The third-order valence-electron chi connectivity index (χ3n) is 2.50. The lowest BCUT2D eigenvalue weighted by atomic mass is 10.2. The maximum absolute atomic E-state index is 11.2. The molecule has 2 rings (SSSR count). The molecular formula is C12H7BrClN3O4. The van der Waals surface area contributed by atoms with E-state index in [4.69, 9.17) is 16.7 Å². The summed E-state index contributed by atoms with van der Waals surface area (Å²) in [7, 11) is 0. The largest absolute Gasteiger partial charge is 0.478 e. The first-order valence-corrected chi connectivity index (χ1v) is 6.65. The molecule has 1 aromatic heterocycles. The smallest absolute Gasteiger partial charge is 0.339 e. The van der Waals surface area contributed by atoms with Crippen molar-refractivity contribution in [2.45, 2.75) is 0 Å². The number of anilines is 2. The standard InChI is InChI=1S/C12H7BrClN3O4/c13-6-1-2-9(14)10(3-6)16-11-8(12(18)19)4-7(5-15-11)17(20)21/h1-5H,(H,15,16)(H,18,19). The highest BCUT2D eigenvalue weighted by molar-refractivity contribution is 9.10. The summed E-state index contributed by atoms with van der Waals surface area (Å²) in [5.41, 5.74) is -0.298. The summed E-state index contributed by atoms with van der Waals surface area (Å²) in [5, 5.41) is 22.9. The number of rotatable bonds is 4. The third-order valence-corrected chi connectivity index (χ3v) is 3.32.